The van der Waals surface area contributed by atoms with E-state index in [1.807, 2.05) is 47.4 Å². The van der Waals surface area contributed by atoms with Crippen LogP contribution in [0.5, 0.6) is 5.75 Å². The molecule has 2 aromatic carbocycles. The third kappa shape index (κ3) is 8.66. The second kappa shape index (κ2) is 13.6. The number of esters is 1. The number of hydrogen-bond acceptors (Lipinski definition) is 7. The molecule has 0 bridgehead atoms. The van der Waals surface area contributed by atoms with Crippen LogP contribution in [0.2, 0.25) is 0 Å². The zero-order chi connectivity index (χ0) is 25.9. The van der Waals surface area contributed by atoms with Crippen molar-refractivity contribution < 1.29 is 29.0 Å². The SMILES string of the molecule is COc1ccc(CC(NC(=O)C(C)NC(=O)CN2CCC(O)CC2)C(=O)OCc2ccccc2)cc1. The Bertz CT molecular complexity index is 990. The molecule has 0 aromatic heterocycles. The molecule has 1 fully saturated rings. The van der Waals surface area contributed by atoms with Gasteiger partial charge in [0.25, 0.3) is 0 Å². The lowest BCUT2D eigenvalue weighted by atomic mass is 10.1. The van der Waals surface area contributed by atoms with E-state index in [1.165, 1.54) is 0 Å². The molecule has 1 heterocycles. The molecular formula is C27H35N3O6. The lowest BCUT2D eigenvalue weighted by Crippen LogP contribution is -2.53. The van der Waals surface area contributed by atoms with Crippen LogP contribution in [0.3, 0.4) is 0 Å². The molecule has 0 radical (unpaired) electrons. The molecule has 3 rings (SSSR count). The number of hydrogen-bond donors (Lipinski definition) is 3. The maximum absolute atomic E-state index is 12.9. The monoisotopic (exact) mass is 497 g/mol. The van der Waals surface area contributed by atoms with Crippen LogP contribution in [0, 0.1) is 0 Å². The largest absolute Gasteiger partial charge is 0.497 e. The molecule has 2 atom stereocenters. The maximum atomic E-state index is 12.9. The number of carbonyl (C=O) groups excluding carboxylic acids is 3. The summed E-state index contributed by atoms with van der Waals surface area (Å²) in [6, 6.07) is 14.7. The van der Waals surface area contributed by atoms with Gasteiger partial charge in [0.05, 0.1) is 19.8 Å². The molecule has 2 unspecified atom stereocenters. The van der Waals surface area contributed by atoms with E-state index in [0.29, 0.717) is 31.7 Å². The van der Waals surface area contributed by atoms with Gasteiger partial charge in [-0.3, -0.25) is 14.5 Å². The molecule has 9 nitrogen and oxygen atoms in total. The van der Waals surface area contributed by atoms with Gasteiger partial charge in [-0.15, -0.1) is 0 Å². The minimum atomic E-state index is -0.933. The van der Waals surface area contributed by atoms with Crippen molar-refractivity contribution in [3.63, 3.8) is 0 Å². The van der Waals surface area contributed by atoms with Crippen molar-refractivity contribution in [1.82, 2.24) is 15.5 Å². The van der Waals surface area contributed by atoms with Crippen LogP contribution >= 0.6 is 0 Å². The molecule has 36 heavy (non-hydrogen) atoms. The molecule has 1 aliphatic rings. The highest BCUT2D eigenvalue weighted by molar-refractivity contribution is 5.91. The van der Waals surface area contributed by atoms with Gasteiger partial charge < -0.3 is 25.2 Å². The third-order valence-corrected chi connectivity index (χ3v) is 6.12. The molecule has 2 aromatic rings. The number of methoxy groups -OCH3 is 1. The van der Waals surface area contributed by atoms with Gasteiger partial charge in [0.2, 0.25) is 11.8 Å². The van der Waals surface area contributed by atoms with Crippen LogP contribution in [-0.4, -0.2) is 72.7 Å². The molecule has 0 spiro atoms. The molecular weight excluding hydrogens is 462 g/mol. The summed E-state index contributed by atoms with van der Waals surface area (Å²) < 4.78 is 10.7. The number of nitrogens with one attached hydrogen (secondary N) is 2. The predicted octanol–water partition coefficient (Wildman–Crippen LogP) is 1.43. The molecule has 0 saturated carbocycles. The molecule has 1 saturated heterocycles. The van der Waals surface area contributed by atoms with Crippen molar-refractivity contribution in [3.8, 4) is 5.75 Å². The molecule has 0 aliphatic carbocycles. The Labute approximate surface area is 211 Å². The van der Waals surface area contributed by atoms with E-state index in [9.17, 15) is 19.5 Å². The number of likely N-dealkylation sites (tertiary alicyclic amines) is 1. The number of rotatable bonds is 11. The van der Waals surface area contributed by atoms with Gasteiger partial charge in [-0.05, 0) is 43.0 Å². The summed E-state index contributed by atoms with van der Waals surface area (Å²) in [6.45, 7) is 3.08. The summed E-state index contributed by atoms with van der Waals surface area (Å²) in [4.78, 5) is 40.2. The van der Waals surface area contributed by atoms with Gasteiger partial charge in [-0.1, -0.05) is 42.5 Å². The van der Waals surface area contributed by atoms with Crippen molar-refractivity contribution in [3.05, 3.63) is 65.7 Å². The summed E-state index contributed by atoms with van der Waals surface area (Å²) in [7, 11) is 1.57. The van der Waals surface area contributed by atoms with Crippen LogP contribution in [0.15, 0.2) is 54.6 Å². The number of amides is 2. The maximum Gasteiger partial charge on any atom is 0.329 e. The summed E-state index contributed by atoms with van der Waals surface area (Å²) in [5, 5.41) is 15.1. The second-order valence-corrected chi connectivity index (χ2v) is 9.00. The number of nitrogens with zero attached hydrogens (tertiary/aromatic N) is 1. The zero-order valence-corrected chi connectivity index (χ0v) is 20.8. The second-order valence-electron chi connectivity index (χ2n) is 9.00. The van der Waals surface area contributed by atoms with E-state index < -0.39 is 24.0 Å². The molecule has 1 aliphatic heterocycles. The summed E-state index contributed by atoms with van der Waals surface area (Å²) in [5.41, 5.74) is 1.66. The van der Waals surface area contributed by atoms with Crippen LogP contribution in [-0.2, 0) is 32.1 Å². The number of ether oxygens (including phenoxy) is 2. The Morgan fingerprint density at radius 2 is 1.67 bits per heavy atom. The molecule has 2 amide bonds. The van der Waals surface area contributed by atoms with Crippen LogP contribution < -0.4 is 15.4 Å². The normalized spacial score (nSPS) is 16.0. The van der Waals surface area contributed by atoms with Gasteiger partial charge >= 0.3 is 5.97 Å². The van der Waals surface area contributed by atoms with E-state index in [4.69, 9.17) is 9.47 Å². The first-order valence-electron chi connectivity index (χ1n) is 12.2. The molecule has 9 heteroatoms. The topological polar surface area (TPSA) is 117 Å². The highest BCUT2D eigenvalue weighted by atomic mass is 16.5. The quantitative estimate of drug-likeness (QED) is 0.402. The average Bonchev–Trinajstić information content (AvgIpc) is 2.89. The lowest BCUT2D eigenvalue weighted by molar-refractivity contribution is -0.149. The Morgan fingerprint density at radius 1 is 1.00 bits per heavy atom. The number of aliphatic hydroxyl groups is 1. The minimum Gasteiger partial charge on any atom is -0.497 e. The van der Waals surface area contributed by atoms with E-state index in [-0.39, 0.29) is 31.6 Å². The van der Waals surface area contributed by atoms with Gasteiger partial charge in [0.15, 0.2) is 0 Å². The van der Waals surface area contributed by atoms with Crippen molar-refractivity contribution >= 4 is 17.8 Å². The Morgan fingerprint density at radius 3 is 2.31 bits per heavy atom. The first kappa shape index (κ1) is 27.2. The Kier molecular flexibility index (Phi) is 10.3. The first-order chi connectivity index (χ1) is 17.3. The van der Waals surface area contributed by atoms with Gasteiger partial charge in [-0.2, -0.15) is 0 Å². The van der Waals surface area contributed by atoms with Crippen molar-refractivity contribution in [2.24, 2.45) is 0 Å². The number of carbonyl (C=O) groups is 3. The minimum absolute atomic E-state index is 0.0888. The molecule has 3 N–H and O–H groups in total. The molecule has 194 valence electrons. The van der Waals surface area contributed by atoms with Crippen LogP contribution in [0.4, 0.5) is 0 Å². The van der Waals surface area contributed by atoms with Gasteiger partial charge in [-0.25, -0.2) is 4.79 Å². The van der Waals surface area contributed by atoms with E-state index in [2.05, 4.69) is 10.6 Å². The predicted molar refractivity (Wildman–Crippen MR) is 134 cm³/mol. The van der Waals surface area contributed by atoms with E-state index in [1.54, 1.807) is 26.2 Å². The highest BCUT2D eigenvalue weighted by Crippen LogP contribution is 2.14. The standard InChI is InChI=1S/C27H35N3O6/c1-19(28-25(32)17-30-14-12-22(31)13-15-30)26(33)29-24(16-20-8-10-23(35-2)11-9-20)27(34)36-18-21-6-4-3-5-7-21/h3-11,19,22,24,31H,12-18H2,1-2H3,(H,28,32)(H,29,33). The summed E-state index contributed by atoms with van der Waals surface area (Å²) in [6.07, 6.45) is 1.15. The smallest absolute Gasteiger partial charge is 0.329 e. The van der Waals surface area contributed by atoms with E-state index in [0.717, 1.165) is 11.1 Å². The number of aliphatic hydroxyl groups excluding tert-OH is 1. The summed E-state index contributed by atoms with van der Waals surface area (Å²) in [5.74, 6) is -0.640. The van der Waals surface area contributed by atoms with E-state index >= 15 is 0 Å². The zero-order valence-electron chi connectivity index (χ0n) is 20.8. The fourth-order valence-corrected chi connectivity index (χ4v) is 3.95. The van der Waals surface area contributed by atoms with Crippen LogP contribution in [0.25, 0.3) is 0 Å². The van der Waals surface area contributed by atoms with Crippen molar-refractivity contribution in [2.75, 3.05) is 26.7 Å². The first-order valence-corrected chi connectivity index (χ1v) is 12.2. The van der Waals surface area contributed by atoms with Crippen molar-refractivity contribution in [2.45, 2.75) is 51.0 Å². The Hall–Kier alpha value is -3.43. The van der Waals surface area contributed by atoms with Crippen molar-refractivity contribution in [1.29, 1.82) is 0 Å². The number of benzene rings is 2. The Balaban J connectivity index is 1.59. The van der Waals surface area contributed by atoms with Crippen LogP contribution in [0.1, 0.15) is 30.9 Å². The summed E-state index contributed by atoms with van der Waals surface area (Å²) >= 11 is 0. The van der Waals surface area contributed by atoms with Gasteiger partial charge in [0.1, 0.15) is 24.4 Å². The third-order valence-electron chi connectivity index (χ3n) is 6.12. The number of piperidine rings is 1. The highest BCUT2D eigenvalue weighted by Gasteiger charge is 2.27. The van der Waals surface area contributed by atoms with Gasteiger partial charge in [0, 0.05) is 19.5 Å². The fourth-order valence-electron chi connectivity index (χ4n) is 3.95. The fraction of sp³-hybridized carbons (Fsp3) is 0.444. The lowest BCUT2D eigenvalue weighted by Gasteiger charge is -2.29. The average molecular weight is 498 g/mol.